The molecule has 0 fully saturated rings. The van der Waals surface area contributed by atoms with Gasteiger partial charge in [-0.1, -0.05) is 19.9 Å². The molecular weight excluding hydrogens is 368 g/mol. The van der Waals surface area contributed by atoms with Gasteiger partial charge in [0.2, 0.25) is 0 Å². The summed E-state index contributed by atoms with van der Waals surface area (Å²) in [6.45, 7) is 9.48. The Hall–Kier alpha value is -2.43. The molecule has 0 heterocycles. The van der Waals surface area contributed by atoms with Crippen LogP contribution in [0, 0.1) is 5.92 Å². The first-order valence-electron chi connectivity index (χ1n) is 10.3. The Morgan fingerprint density at radius 1 is 1.17 bits per heavy atom. The van der Waals surface area contributed by atoms with Crippen molar-refractivity contribution in [2.24, 2.45) is 5.92 Å². The van der Waals surface area contributed by atoms with E-state index in [4.69, 9.17) is 9.47 Å². The highest BCUT2D eigenvalue weighted by atomic mass is 16.5. The number of allylic oxidation sites excluding steroid dienone is 1. The Morgan fingerprint density at radius 3 is 2.52 bits per heavy atom. The number of carbonyl (C=O) groups is 3. The first kappa shape index (κ1) is 22.9. The quantitative estimate of drug-likeness (QED) is 0.255. The third kappa shape index (κ3) is 6.28. The molecule has 2 rings (SSSR count). The highest BCUT2D eigenvalue weighted by molar-refractivity contribution is 5.78. The van der Waals surface area contributed by atoms with Crippen LogP contribution in [0.25, 0.3) is 0 Å². The molecule has 29 heavy (non-hydrogen) atoms. The van der Waals surface area contributed by atoms with Crippen LogP contribution in [0.4, 0.5) is 0 Å². The molecule has 0 bridgehead atoms. The van der Waals surface area contributed by atoms with E-state index in [0.29, 0.717) is 29.8 Å². The molecule has 1 aliphatic carbocycles. The summed E-state index contributed by atoms with van der Waals surface area (Å²) >= 11 is 0. The van der Waals surface area contributed by atoms with Gasteiger partial charge in [-0.2, -0.15) is 0 Å². The van der Waals surface area contributed by atoms with Crippen molar-refractivity contribution in [2.45, 2.75) is 72.1 Å². The third-order valence-electron chi connectivity index (χ3n) is 5.69. The van der Waals surface area contributed by atoms with Gasteiger partial charge in [0, 0.05) is 25.0 Å². The van der Waals surface area contributed by atoms with Crippen molar-refractivity contribution in [2.75, 3.05) is 6.61 Å². The first-order chi connectivity index (χ1) is 13.7. The molecule has 1 aliphatic rings. The normalized spacial score (nSPS) is 19.8. The number of rotatable bonds is 8. The zero-order valence-corrected chi connectivity index (χ0v) is 18.1. The predicted molar refractivity (Wildman–Crippen MR) is 112 cm³/mol. The second kappa shape index (κ2) is 10.4. The topological polar surface area (TPSA) is 69.7 Å². The minimum Gasteiger partial charge on any atom is -0.461 e. The van der Waals surface area contributed by atoms with Crippen LogP contribution in [0.1, 0.15) is 93.6 Å². The Kier molecular flexibility index (Phi) is 8.18. The summed E-state index contributed by atoms with van der Waals surface area (Å²) in [7, 11) is 0. The number of esters is 2. The number of carbonyl (C=O) groups excluding carboxylic acids is 3. The van der Waals surface area contributed by atoms with Crippen LogP contribution < -0.4 is 4.74 Å². The fourth-order valence-electron chi connectivity index (χ4n) is 4.20. The summed E-state index contributed by atoms with van der Waals surface area (Å²) in [5.74, 6) is 0.899. The molecule has 0 aliphatic heterocycles. The third-order valence-corrected chi connectivity index (χ3v) is 5.69. The summed E-state index contributed by atoms with van der Waals surface area (Å²) in [6.07, 6.45) is 6.91. The second-order valence-electron chi connectivity index (χ2n) is 8.20. The lowest BCUT2D eigenvalue weighted by Crippen LogP contribution is -2.20. The molecule has 1 aromatic rings. The van der Waals surface area contributed by atoms with Crippen LogP contribution in [0.3, 0.4) is 0 Å². The van der Waals surface area contributed by atoms with Crippen molar-refractivity contribution < 1.29 is 23.9 Å². The van der Waals surface area contributed by atoms with Crippen molar-refractivity contribution in [1.82, 2.24) is 0 Å². The summed E-state index contributed by atoms with van der Waals surface area (Å²) < 4.78 is 10.5. The molecule has 0 saturated carbocycles. The molecule has 3 atom stereocenters. The Bertz CT molecular complexity index is 793. The standard InChI is InChI=1S/C24H32O5/c1-15(14-28-18(4)26)7-6-8-16(2)21-10-9-17(3)24-22(21)11-20(13-25)12-23(24)29-19(5)27/h7,11-13,16-17,21H,6,8-10,14H2,1-5H3/b15-7+/t16-,17+,21-/m1/s1. The number of benzene rings is 1. The van der Waals surface area contributed by atoms with Crippen LogP contribution >= 0.6 is 0 Å². The monoisotopic (exact) mass is 400 g/mol. The number of hydrogen-bond donors (Lipinski definition) is 0. The van der Waals surface area contributed by atoms with E-state index < -0.39 is 0 Å². The molecule has 0 aromatic heterocycles. The predicted octanol–water partition coefficient (Wildman–Crippen LogP) is 5.33. The number of hydrogen-bond acceptors (Lipinski definition) is 5. The van der Waals surface area contributed by atoms with Crippen molar-refractivity contribution in [1.29, 1.82) is 0 Å². The molecule has 5 nitrogen and oxygen atoms in total. The first-order valence-corrected chi connectivity index (χ1v) is 10.3. The molecule has 0 saturated heterocycles. The van der Waals surface area contributed by atoms with E-state index in [1.165, 1.54) is 13.8 Å². The highest BCUT2D eigenvalue weighted by Gasteiger charge is 2.31. The van der Waals surface area contributed by atoms with Crippen LogP contribution in [-0.4, -0.2) is 24.8 Å². The van der Waals surface area contributed by atoms with Crippen molar-refractivity contribution >= 4 is 18.2 Å². The molecule has 158 valence electrons. The van der Waals surface area contributed by atoms with Crippen LogP contribution in [0.2, 0.25) is 0 Å². The summed E-state index contributed by atoms with van der Waals surface area (Å²) in [5.41, 5.74) is 3.79. The van der Waals surface area contributed by atoms with E-state index in [1.807, 2.05) is 13.0 Å². The minimum absolute atomic E-state index is 0.270. The second-order valence-corrected chi connectivity index (χ2v) is 8.20. The Morgan fingerprint density at radius 2 is 1.90 bits per heavy atom. The lowest BCUT2D eigenvalue weighted by atomic mass is 9.71. The largest absolute Gasteiger partial charge is 0.461 e. The van der Waals surface area contributed by atoms with Gasteiger partial charge in [-0.15, -0.1) is 0 Å². The molecular formula is C24H32O5. The average molecular weight is 401 g/mol. The lowest BCUT2D eigenvalue weighted by molar-refractivity contribution is -0.140. The number of fused-ring (bicyclic) bond motifs is 1. The minimum atomic E-state index is -0.369. The number of aldehydes is 1. The van der Waals surface area contributed by atoms with Crippen molar-refractivity contribution in [3.8, 4) is 5.75 Å². The maximum absolute atomic E-state index is 11.6. The molecule has 0 amide bonds. The van der Waals surface area contributed by atoms with Gasteiger partial charge in [-0.25, -0.2) is 0 Å². The fraction of sp³-hybridized carbons (Fsp3) is 0.542. The van der Waals surface area contributed by atoms with Gasteiger partial charge < -0.3 is 9.47 Å². The molecule has 5 heteroatoms. The molecule has 0 N–H and O–H groups in total. The SMILES string of the molecule is CC(=O)OC/C(C)=C/CC[C@@H](C)[C@H]1CC[C@H](C)c2c(OC(C)=O)cc(C=O)cc21. The average Bonchev–Trinajstić information content (AvgIpc) is 2.65. The van der Waals surface area contributed by atoms with Gasteiger partial charge in [0.05, 0.1) is 0 Å². The van der Waals surface area contributed by atoms with Gasteiger partial charge in [-0.3, -0.25) is 14.4 Å². The van der Waals surface area contributed by atoms with Gasteiger partial charge >= 0.3 is 11.9 Å². The summed E-state index contributed by atoms with van der Waals surface area (Å²) in [6, 6.07) is 3.64. The van der Waals surface area contributed by atoms with Crippen molar-refractivity contribution in [3.63, 3.8) is 0 Å². The maximum Gasteiger partial charge on any atom is 0.308 e. The van der Waals surface area contributed by atoms with E-state index in [9.17, 15) is 14.4 Å². The van der Waals surface area contributed by atoms with E-state index in [-0.39, 0.29) is 17.9 Å². The van der Waals surface area contributed by atoms with Crippen LogP contribution in [0.5, 0.6) is 5.75 Å². The Balaban J connectivity index is 2.20. The molecule has 0 radical (unpaired) electrons. The van der Waals surface area contributed by atoms with E-state index in [2.05, 4.69) is 19.9 Å². The van der Waals surface area contributed by atoms with Gasteiger partial charge in [0.1, 0.15) is 18.6 Å². The van der Waals surface area contributed by atoms with Gasteiger partial charge in [-0.05, 0) is 73.6 Å². The summed E-state index contributed by atoms with van der Waals surface area (Å²) in [5, 5.41) is 0. The van der Waals surface area contributed by atoms with E-state index in [0.717, 1.165) is 48.7 Å². The summed E-state index contributed by atoms with van der Waals surface area (Å²) in [4.78, 5) is 34.0. The zero-order chi connectivity index (χ0) is 21.6. The van der Waals surface area contributed by atoms with E-state index >= 15 is 0 Å². The van der Waals surface area contributed by atoms with Gasteiger partial charge in [0.15, 0.2) is 0 Å². The van der Waals surface area contributed by atoms with Gasteiger partial charge in [0.25, 0.3) is 0 Å². The highest BCUT2D eigenvalue weighted by Crippen LogP contribution is 2.47. The van der Waals surface area contributed by atoms with Crippen LogP contribution in [-0.2, 0) is 14.3 Å². The lowest BCUT2D eigenvalue weighted by Gasteiger charge is -2.35. The van der Waals surface area contributed by atoms with Crippen LogP contribution in [0.15, 0.2) is 23.8 Å². The molecule has 0 spiro atoms. The number of ether oxygens (including phenoxy) is 2. The maximum atomic E-state index is 11.6. The van der Waals surface area contributed by atoms with E-state index in [1.54, 1.807) is 6.07 Å². The zero-order valence-electron chi connectivity index (χ0n) is 18.1. The Labute approximate surface area is 173 Å². The fourth-order valence-corrected chi connectivity index (χ4v) is 4.20. The smallest absolute Gasteiger partial charge is 0.308 e. The molecule has 0 unspecified atom stereocenters. The molecule has 1 aromatic carbocycles. The van der Waals surface area contributed by atoms with Crippen molar-refractivity contribution in [3.05, 3.63) is 40.5 Å².